The molecule has 0 aliphatic carbocycles. The van der Waals surface area contributed by atoms with E-state index in [1.54, 1.807) is 19.1 Å². The summed E-state index contributed by atoms with van der Waals surface area (Å²) in [6, 6.07) is 3.39. The van der Waals surface area contributed by atoms with Crippen LogP contribution in [0.4, 0.5) is 0 Å². The summed E-state index contributed by atoms with van der Waals surface area (Å²) in [6.45, 7) is 3.36. The Labute approximate surface area is 104 Å². The Morgan fingerprint density at radius 2 is 1.83 bits per heavy atom. The zero-order valence-corrected chi connectivity index (χ0v) is 10.2. The van der Waals surface area contributed by atoms with E-state index in [1.165, 1.54) is 4.90 Å². The smallest absolute Gasteiger partial charge is 0.256 e. The van der Waals surface area contributed by atoms with Crippen molar-refractivity contribution in [2.75, 3.05) is 13.1 Å². The van der Waals surface area contributed by atoms with Gasteiger partial charge >= 0.3 is 0 Å². The van der Waals surface area contributed by atoms with Gasteiger partial charge in [-0.2, -0.15) is 0 Å². The van der Waals surface area contributed by atoms with Gasteiger partial charge in [0.15, 0.2) is 0 Å². The molecule has 0 unspecified atom stereocenters. The van der Waals surface area contributed by atoms with Crippen LogP contribution in [-0.2, 0) is 9.59 Å². The summed E-state index contributed by atoms with van der Waals surface area (Å²) < 4.78 is 0. The molecular weight excluding hydrogens is 234 g/mol. The van der Waals surface area contributed by atoms with E-state index < -0.39 is 11.8 Å². The fraction of sp³-hybridized carbons (Fsp3) is 0.333. The SMILES string of the molecule is Cc1ccc(C(=O)N2CC(=O)NC(=O)C2)c(C)n1. The third kappa shape index (κ3) is 2.37. The predicted octanol–water partition coefficient (Wildman–Crippen LogP) is -0.203. The minimum atomic E-state index is -0.461. The van der Waals surface area contributed by atoms with Gasteiger partial charge < -0.3 is 4.90 Å². The molecule has 6 heteroatoms. The zero-order chi connectivity index (χ0) is 13.3. The molecule has 1 aromatic heterocycles. The fourth-order valence-electron chi connectivity index (χ4n) is 1.86. The molecule has 0 bridgehead atoms. The number of hydrogen-bond donors (Lipinski definition) is 1. The van der Waals surface area contributed by atoms with Crippen molar-refractivity contribution < 1.29 is 14.4 Å². The van der Waals surface area contributed by atoms with Gasteiger partial charge in [-0.1, -0.05) is 0 Å². The van der Waals surface area contributed by atoms with E-state index in [0.29, 0.717) is 11.3 Å². The first-order valence-electron chi connectivity index (χ1n) is 5.53. The van der Waals surface area contributed by atoms with Crippen molar-refractivity contribution in [3.63, 3.8) is 0 Å². The molecule has 94 valence electrons. The van der Waals surface area contributed by atoms with Gasteiger partial charge in [-0.3, -0.25) is 24.7 Å². The van der Waals surface area contributed by atoms with E-state index in [4.69, 9.17) is 0 Å². The highest BCUT2D eigenvalue weighted by molar-refractivity contribution is 6.06. The van der Waals surface area contributed by atoms with Crippen molar-refractivity contribution in [2.24, 2.45) is 0 Å². The lowest BCUT2D eigenvalue weighted by Crippen LogP contribution is -2.53. The molecular formula is C12H13N3O3. The van der Waals surface area contributed by atoms with Crippen LogP contribution in [0.5, 0.6) is 0 Å². The molecule has 6 nitrogen and oxygen atoms in total. The molecule has 2 rings (SSSR count). The van der Waals surface area contributed by atoms with E-state index in [1.807, 2.05) is 6.92 Å². The number of imide groups is 1. The monoisotopic (exact) mass is 247 g/mol. The maximum atomic E-state index is 12.2. The van der Waals surface area contributed by atoms with Gasteiger partial charge in [-0.25, -0.2) is 0 Å². The molecule has 0 saturated carbocycles. The van der Waals surface area contributed by atoms with Gasteiger partial charge in [-0.15, -0.1) is 0 Å². The van der Waals surface area contributed by atoms with E-state index >= 15 is 0 Å². The van der Waals surface area contributed by atoms with Gasteiger partial charge in [-0.05, 0) is 26.0 Å². The van der Waals surface area contributed by atoms with Gasteiger partial charge in [0.05, 0.1) is 11.3 Å². The lowest BCUT2D eigenvalue weighted by atomic mass is 10.1. The Balaban J connectivity index is 2.25. The van der Waals surface area contributed by atoms with Crippen LogP contribution in [0, 0.1) is 13.8 Å². The lowest BCUT2D eigenvalue weighted by Gasteiger charge is -2.25. The largest absolute Gasteiger partial charge is 0.320 e. The molecule has 18 heavy (non-hydrogen) atoms. The second kappa shape index (κ2) is 4.56. The van der Waals surface area contributed by atoms with Gasteiger partial charge in [0, 0.05) is 5.69 Å². The summed E-state index contributed by atoms with van der Waals surface area (Å²) in [7, 11) is 0. The number of carbonyl (C=O) groups is 3. The van der Waals surface area contributed by atoms with Gasteiger partial charge in [0.25, 0.3) is 5.91 Å². The van der Waals surface area contributed by atoms with E-state index in [0.717, 1.165) is 5.69 Å². The van der Waals surface area contributed by atoms with Crippen LogP contribution in [0.15, 0.2) is 12.1 Å². The van der Waals surface area contributed by atoms with Crippen molar-refractivity contribution in [3.8, 4) is 0 Å². The molecule has 0 radical (unpaired) electrons. The second-order valence-electron chi connectivity index (χ2n) is 4.22. The van der Waals surface area contributed by atoms with Crippen molar-refractivity contribution in [1.82, 2.24) is 15.2 Å². The number of nitrogens with zero attached hydrogens (tertiary/aromatic N) is 2. The number of rotatable bonds is 1. The average Bonchev–Trinajstić information content (AvgIpc) is 2.26. The number of amides is 3. The van der Waals surface area contributed by atoms with Crippen molar-refractivity contribution >= 4 is 17.7 Å². The number of carbonyl (C=O) groups excluding carboxylic acids is 3. The maximum Gasteiger partial charge on any atom is 0.256 e. The summed E-state index contributed by atoms with van der Waals surface area (Å²) in [6.07, 6.45) is 0. The highest BCUT2D eigenvalue weighted by atomic mass is 16.2. The molecule has 1 saturated heterocycles. The van der Waals surface area contributed by atoms with Gasteiger partial charge in [0.2, 0.25) is 11.8 Å². The lowest BCUT2D eigenvalue weighted by molar-refractivity contribution is -0.135. The first kappa shape index (κ1) is 12.2. The maximum absolute atomic E-state index is 12.2. The summed E-state index contributed by atoms with van der Waals surface area (Å²) >= 11 is 0. The van der Waals surface area contributed by atoms with Crippen LogP contribution in [0.2, 0.25) is 0 Å². The number of aromatic nitrogens is 1. The highest BCUT2D eigenvalue weighted by Gasteiger charge is 2.27. The number of piperazine rings is 1. The first-order valence-corrected chi connectivity index (χ1v) is 5.53. The molecule has 0 aromatic carbocycles. The number of aryl methyl sites for hydroxylation is 2. The molecule has 0 atom stereocenters. The zero-order valence-electron chi connectivity index (χ0n) is 10.2. The van der Waals surface area contributed by atoms with Crippen LogP contribution in [0.3, 0.4) is 0 Å². The molecule has 1 N–H and O–H groups in total. The third-order valence-corrected chi connectivity index (χ3v) is 2.69. The summed E-state index contributed by atoms with van der Waals surface area (Å²) in [5.74, 6) is -1.27. The third-order valence-electron chi connectivity index (χ3n) is 2.69. The van der Waals surface area contributed by atoms with Crippen LogP contribution in [0.25, 0.3) is 0 Å². The minimum absolute atomic E-state index is 0.0993. The summed E-state index contributed by atoms with van der Waals surface area (Å²) in [5.41, 5.74) is 1.83. The Hall–Kier alpha value is -2.24. The molecule has 0 spiro atoms. The second-order valence-corrected chi connectivity index (χ2v) is 4.22. The Morgan fingerprint density at radius 3 is 2.39 bits per heavy atom. The van der Waals surface area contributed by atoms with Crippen LogP contribution in [0.1, 0.15) is 21.7 Å². The van der Waals surface area contributed by atoms with Crippen LogP contribution >= 0.6 is 0 Å². The number of nitrogens with one attached hydrogen (secondary N) is 1. The molecule has 1 aromatic rings. The Morgan fingerprint density at radius 1 is 1.22 bits per heavy atom. The van der Waals surface area contributed by atoms with Crippen molar-refractivity contribution in [2.45, 2.75) is 13.8 Å². The Bertz CT molecular complexity index is 523. The minimum Gasteiger partial charge on any atom is -0.320 e. The quantitative estimate of drug-likeness (QED) is 0.697. The first-order chi connectivity index (χ1) is 8.47. The van der Waals surface area contributed by atoms with Crippen molar-refractivity contribution in [3.05, 3.63) is 29.1 Å². The normalized spacial score (nSPS) is 15.6. The molecule has 2 heterocycles. The molecule has 1 fully saturated rings. The standard InChI is InChI=1S/C12H13N3O3/c1-7-3-4-9(8(2)13-7)12(18)15-5-10(16)14-11(17)6-15/h3-4H,5-6H2,1-2H3,(H,14,16,17). The summed E-state index contributed by atoms with van der Waals surface area (Å²) in [4.78, 5) is 40.0. The van der Waals surface area contributed by atoms with E-state index in [9.17, 15) is 14.4 Å². The summed E-state index contributed by atoms with van der Waals surface area (Å²) in [5, 5.41) is 2.15. The Kier molecular flexibility index (Phi) is 3.10. The number of pyridine rings is 1. The molecule has 1 aliphatic heterocycles. The van der Waals surface area contributed by atoms with E-state index in [-0.39, 0.29) is 19.0 Å². The fourth-order valence-corrected chi connectivity index (χ4v) is 1.86. The number of hydrogen-bond acceptors (Lipinski definition) is 4. The average molecular weight is 247 g/mol. The van der Waals surface area contributed by atoms with Crippen LogP contribution < -0.4 is 5.32 Å². The molecule has 3 amide bonds. The topological polar surface area (TPSA) is 79.4 Å². The van der Waals surface area contributed by atoms with Gasteiger partial charge in [0.1, 0.15) is 13.1 Å². The predicted molar refractivity (Wildman–Crippen MR) is 62.8 cm³/mol. The molecule has 1 aliphatic rings. The van der Waals surface area contributed by atoms with E-state index in [2.05, 4.69) is 10.3 Å². The highest BCUT2D eigenvalue weighted by Crippen LogP contribution is 2.11. The van der Waals surface area contributed by atoms with Crippen LogP contribution in [-0.4, -0.2) is 40.7 Å². The van der Waals surface area contributed by atoms with Crippen molar-refractivity contribution in [1.29, 1.82) is 0 Å².